The molecule has 0 amide bonds. The molecule has 0 bridgehead atoms. The van der Waals surface area contributed by atoms with Gasteiger partial charge in [-0.05, 0) is 27.8 Å². The summed E-state index contributed by atoms with van der Waals surface area (Å²) >= 11 is 0. The van der Waals surface area contributed by atoms with Gasteiger partial charge >= 0.3 is 0 Å². The molecule has 0 aromatic rings. The monoisotopic (exact) mass is 160 g/mol. The fourth-order valence-corrected chi connectivity index (χ4v) is 0.665. The van der Waals surface area contributed by atoms with Crippen LogP contribution in [0.3, 0.4) is 0 Å². The first-order chi connectivity index (χ1) is 4.88. The first-order valence-corrected chi connectivity index (χ1v) is 3.97. The van der Waals surface area contributed by atoms with E-state index in [9.17, 15) is 5.11 Å². The van der Waals surface area contributed by atoms with Gasteiger partial charge in [-0.2, -0.15) is 0 Å². The Labute approximate surface area is 69.2 Å². The molecule has 3 heteroatoms. The van der Waals surface area contributed by atoms with Gasteiger partial charge in [0.2, 0.25) is 0 Å². The topological polar surface area (TPSA) is 49.5 Å². The number of nitrogens with two attached hydrogens (primary N) is 1. The van der Waals surface area contributed by atoms with Crippen molar-refractivity contribution >= 4 is 0 Å². The van der Waals surface area contributed by atoms with Crippen LogP contribution < -0.4 is 5.73 Å². The quantitative estimate of drug-likeness (QED) is 0.612. The maximum Gasteiger partial charge on any atom is 0.0789 e. The van der Waals surface area contributed by atoms with Gasteiger partial charge in [0.05, 0.1) is 6.10 Å². The molecule has 0 rings (SSSR count). The molecule has 3 nitrogen and oxygen atoms in total. The molecule has 0 aromatic heterocycles. The van der Waals surface area contributed by atoms with Crippen LogP contribution in [0.1, 0.15) is 20.8 Å². The highest BCUT2D eigenvalue weighted by molar-refractivity contribution is 4.75. The van der Waals surface area contributed by atoms with Crippen molar-refractivity contribution in [3.05, 3.63) is 0 Å². The van der Waals surface area contributed by atoms with Gasteiger partial charge in [-0.3, -0.25) is 4.90 Å². The molecule has 0 aliphatic heterocycles. The number of hydrogen-bond donors (Lipinski definition) is 2. The SMILES string of the molecule is CN(CC(O)CN)C(C)(C)C. The summed E-state index contributed by atoms with van der Waals surface area (Å²) in [5.41, 5.74) is 5.39. The minimum absolute atomic E-state index is 0.107. The highest BCUT2D eigenvalue weighted by atomic mass is 16.3. The number of likely N-dealkylation sites (N-methyl/N-ethyl adjacent to an activating group) is 1. The largest absolute Gasteiger partial charge is 0.390 e. The molecule has 68 valence electrons. The number of hydrogen-bond acceptors (Lipinski definition) is 3. The fraction of sp³-hybridized carbons (Fsp3) is 1.00. The molecule has 0 aromatic carbocycles. The molecule has 0 saturated carbocycles. The van der Waals surface area contributed by atoms with Crippen molar-refractivity contribution < 1.29 is 5.11 Å². The van der Waals surface area contributed by atoms with Crippen LogP contribution in [0, 0.1) is 0 Å². The average molecular weight is 160 g/mol. The second-order valence-corrected chi connectivity index (χ2v) is 3.94. The molecule has 1 unspecified atom stereocenters. The Morgan fingerprint density at radius 3 is 2.18 bits per heavy atom. The lowest BCUT2D eigenvalue weighted by Gasteiger charge is -2.33. The number of β-amino-alcohol motifs (C(OH)–C–C–N with tert-alkyl or cyclic N) is 1. The van der Waals surface area contributed by atoms with E-state index < -0.39 is 6.10 Å². The van der Waals surface area contributed by atoms with Crippen LogP contribution in [0.15, 0.2) is 0 Å². The summed E-state index contributed by atoms with van der Waals surface area (Å²) in [4.78, 5) is 2.09. The Morgan fingerprint density at radius 1 is 1.45 bits per heavy atom. The van der Waals surface area contributed by atoms with Crippen molar-refractivity contribution in [2.45, 2.75) is 32.4 Å². The lowest BCUT2D eigenvalue weighted by atomic mass is 10.1. The van der Waals surface area contributed by atoms with E-state index in [2.05, 4.69) is 25.7 Å². The lowest BCUT2D eigenvalue weighted by molar-refractivity contribution is 0.0838. The van der Waals surface area contributed by atoms with E-state index in [0.29, 0.717) is 13.1 Å². The zero-order valence-electron chi connectivity index (χ0n) is 7.96. The Hall–Kier alpha value is -0.120. The zero-order valence-corrected chi connectivity index (χ0v) is 7.96. The molecule has 0 spiro atoms. The summed E-state index contributed by atoms with van der Waals surface area (Å²) in [5.74, 6) is 0. The van der Waals surface area contributed by atoms with E-state index in [1.807, 2.05) is 7.05 Å². The molecule has 0 heterocycles. The highest BCUT2D eigenvalue weighted by Gasteiger charge is 2.18. The van der Waals surface area contributed by atoms with Gasteiger partial charge in [0, 0.05) is 18.6 Å². The van der Waals surface area contributed by atoms with Crippen molar-refractivity contribution in [3.8, 4) is 0 Å². The molecule has 3 N–H and O–H groups in total. The first-order valence-electron chi connectivity index (χ1n) is 3.97. The van der Waals surface area contributed by atoms with E-state index in [0.717, 1.165) is 0 Å². The number of rotatable bonds is 3. The zero-order chi connectivity index (χ0) is 9.07. The van der Waals surface area contributed by atoms with Crippen molar-refractivity contribution in [1.29, 1.82) is 0 Å². The Balaban J connectivity index is 3.77. The van der Waals surface area contributed by atoms with Crippen molar-refractivity contribution in [2.24, 2.45) is 5.73 Å². The maximum atomic E-state index is 9.22. The van der Waals surface area contributed by atoms with E-state index in [4.69, 9.17) is 5.73 Å². The Kier molecular flexibility index (Phi) is 4.00. The maximum absolute atomic E-state index is 9.22. The van der Waals surface area contributed by atoms with Crippen molar-refractivity contribution in [3.63, 3.8) is 0 Å². The summed E-state index contributed by atoms with van der Waals surface area (Å²) in [6, 6.07) is 0. The summed E-state index contributed by atoms with van der Waals surface area (Å²) < 4.78 is 0. The smallest absolute Gasteiger partial charge is 0.0789 e. The van der Waals surface area contributed by atoms with Gasteiger partial charge in [0.1, 0.15) is 0 Å². The van der Waals surface area contributed by atoms with Gasteiger partial charge in [-0.15, -0.1) is 0 Å². The van der Waals surface area contributed by atoms with Crippen LogP contribution in [0.5, 0.6) is 0 Å². The van der Waals surface area contributed by atoms with Gasteiger partial charge in [-0.25, -0.2) is 0 Å². The first kappa shape index (κ1) is 10.9. The summed E-state index contributed by atoms with van der Waals surface area (Å²) in [6.45, 7) is 7.29. The van der Waals surface area contributed by atoms with Crippen LogP contribution in [0.2, 0.25) is 0 Å². The Morgan fingerprint density at radius 2 is 1.91 bits per heavy atom. The highest BCUT2D eigenvalue weighted by Crippen LogP contribution is 2.09. The summed E-state index contributed by atoms with van der Waals surface area (Å²) in [6.07, 6.45) is -0.403. The van der Waals surface area contributed by atoms with Crippen LogP contribution in [-0.2, 0) is 0 Å². The number of nitrogens with zero attached hydrogens (tertiary/aromatic N) is 1. The minimum Gasteiger partial charge on any atom is -0.390 e. The number of aliphatic hydroxyl groups is 1. The molecule has 0 fully saturated rings. The van der Waals surface area contributed by atoms with E-state index in [-0.39, 0.29) is 5.54 Å². The van der Waals surface area contributed by atoms with Crippen molar-refractivity contribution in [1.82, 2.24) is 4.90 Å². The van der Waals surface area contributed by atoms with E-state index in [1.165, 1.54) is 0 Å². The third kappa shape index (κ3) is 4.35. The second kappa shape index (κ2) is 4.04. The predicted molar refractivity (Wildman–Crippen MR) is 47.4 cm³/mol. The molecule has 0 radical (unpaired) electrons. The van der Waals surface area contributed by atoms with Gasteiger partial charge in [0.15, 0.2) is 0 Å². The standard InChI is InChI=1S/C8H20N2O/c1-8(2,3)10(4)6-7(11)5-9/h7,11H,5-6,9H2,1-4H3. The molecule has 0 aliphatic carbocycles. The van der Waals surface area contributed by atoms with E-state index in [1.54, 1.807) is 0 Å². The molecule has 0 saturated heterocycles. The Bertz CT molecular complexity index is 109. The average Bonchev–Trinajstić information content (AvgIpc) is 1.85. The van der Waals surface area contributed by atoms with Crippen molar-refractivity contribution in [2.75, 3.05) is 20.1 Å². The van der Waals surface area contributed by atoms with Crippen LogP contribution in [0.4, 0.5) is 0 Å². The normalized spacial score (nSPS) is 15.5. The van der Waals surface area contributed by atoms with Crippen LogP contribution in [0.25, 0.3) is 0 Å². The third-order valence-corrected chi connectivity index (χ3v) is 1.90. The predicted octanol–water partition coefficient (Wildman–Crippen LogP) is 0.0363. The van der Waals surface area contributed by atoms with Crippen LogP contribution >= 0.6 is 0 Å². The minimum atomic E-state index is -0.403. The van der Waals surface area contributed by atoms with E-state index >= 15 is 0 Å². The molecular formula is C8H20N2O. The number of aliphatic hydroxyl groups excluding tert-OH is 1. The molecule has 11 heavy (non-hydrogen) atoms. The summed E-state index contributed by atoms with van der Waals surface area (Å²) in [7, 11) is 1.98. The van der Waals surface area contributed by atoms with Crippen LogP contribution in [-0.4, -0.2) is 41.8 Å². The van der Waals surface area contributed by atoms with Gasteiger partial charge < -0.3 is 10.8 Å². The van der Waals surface area contributed by atoms with Gasteiger partial charge in [0.25, 0.3) is 0 Å². The fourth-order valence-electron chi connectivity index (χ4n) is 0.665. The molecule has 1 atom stereocenters. The molecular weight excluding hydrogens is 140 g/mol. The lowest BCUT2D eigenvalue weighted by Crippen LogP contribution is -2.44. The second-order valence-electron chi connectivity index (χ2n) is 3.94. The molecule has 0 aliphatic rings. The third-order valence-electron chi connectivity index (χ3n) is 1.90. The van der Waals surface area contributed by atoms with Gasteiger partial charge in [-0.1, -0.05) is 0 Å². The summed E-state index contributed by atoms with van der Waals surface area (Å²) in [5, 5.41) is 9.22.